The number of halogens is 3. The summed E-state index contributed by atoms with van der Waals surface area (Å²) in [5.41, 5.74) is -0.00953. The highest BCUT2D eigenvalue weighted by Gasteiger charge is 2.19. The van der Waals surface area contributed by atoms with Gasteiger partial charge in [0, 0.05) is 6.54 Å². The average molecular weight is 291 g/mol. The van der Waals surface area contributed by atoms with Crippen LogP contribution in [0.2, 0.25) is 0 Å². The Morgan fingerprint density at radius 3 is 2.70 bits per heavy atom. The topological polar surface area (TPSA) is 49.8 Å². The molecule has 112 valence electrons. The zero-order valence-corrected chi connectivity index (χ0v) is 11.0. The highest BCUT2D eigenvalue weighted by atomic mass is 19.3. The molecule has 0 atom stereocenters. The zero-order valence-electron chi connectivity index (χ0n) is 11.0. The molecule has 1 aromatic rings. The summed E-state index contributed by atoms with van der Waals surface area (Å²) >= 11 is 0. The maximum Gasteiger partial charge on any atom is 0.251 e. The van der Waals surface area contributed by atoms with Gasteiger partial charge >= 0.3 is 0 Å². The van der Waals surface area contributed by atoms with Crippen molar-refractivity contribution in [2.75, 3.05) is 33.4 Å². The van der Waals surface area contributed by atoms with Crippen molar-refractivity contribution in [2.24, 2.45) is 0 Å². The van der Waals surface area contributed by atoms with Crippen LogP contribution in [-0.4, -0.2) is 55.6 Å². The fraction of sp³-hybridized carbons (Fsp3) is 0.462. The molecule has 0 unspecified atom stereocenters. The second-order valence-electron chi connectivity index (χ2n) is 4.12. The van der Waals surface area contributed by atoms with Gasteiger partial charge in [0.25, 0.3) is 6.43 Å². The molecule has 0 radical (unpaired) electrons. The molecule has 0 bridgehead atoms. The zero-order chi connectivity index (χ0) is 15.1. The smallest absolute Gasteiger partial charge is 0.251 e. The van der Waals surface area contributed by atoms with E-state index in [1.807, 2.05) is 0 Å². The van der Waals surface area contributed by atoms with Crippen LogP contribution in [0.15, 0.2) is 18.2 Å². The summed E-state index contributed by atoms with van der Waals surface area (Å²) in [5, 5.41) is 8.80. The Morgan fingerprint density at radius 1 is 1.45 bits per heavy atom. The molecule has 1 N–H and O–H groups in total. The van der Waals surface area contributed by atoms with Crippen LogP contribution in [0.3, 0.4) is 0 Å². The quantitative estimate of drug-likeness (QED) is 0.739. The number of methoxy groups -OCH3 is 1. The van der Waals surface area contributed by atoms with Crippen LogP contribution in [0.4, 0.5) is 13.2 Å². The number of Topliss-reactive ketones (excluding diaryl/α,β-unsaturated/α-hetero) is 1. The Hall–Kier alpha value is -1.60. The minimum Gasteiger partial charge on any atom is -0.496 e. The van der Waals surface area contributed by atoms with Crippen LogP contribution in [0.1, 0.15) is 10.4 Å². The summed E-state index contributed by atoms with van der Waals surface area (Å²) in [6, 6.07) is 3.44. The molecule has 0 amide bonds. The van der Waals surface area contributed by atoms with Crippen molar-refractivity contribution in [2.45, 2.75) is 6.43 Å². The van der Waals surface area contributed by atoms with Gasteiger partial charge in [0.1, 0.15) is 11.6 Å². The lowest BCUT2D eigenvalue weighted by Gasteiger charge is -2.20. The van der Waals surface area contributed by atoms with Crippen LogP contribution >= 0.6 is 0 Å². The third-order valence-corrected chi connectivity index (χ3v) is 2.64. The van der Waals surface area contributed by atoms with Gasteiger partial charge < -0.3 is 9.84 Å². The number of ketones is 1. The third kappa shape index (κ3) is 4.82. The van der Waals surface area contributed by atoms with Crippen molar-refractivity contribution >= 4 is 5.78 Å². The second kappa shape index (κ2) is 7.86. The number of carbonyl (C=O) groups excluding carboxylic acids is 1. The van der Waals surface area contributed by atoms with E-state index in [1.54, 1.807) is 0 Å². The summed E-state index contributed by atoms with van der Waals surface area (Å²) in [6.45, 7) is -1.39. The Kier molecular flexibility index (Phi) is 6.47. The molecule has 7 heteroatoms. The maximum atomic E-state index is 13.2. The predicted octanol–water partition coefficient (Wildman–Crippen LogP) is 1.58. The van der Waals surface area contributed by atoms with E-state index >= 15 is 0 Å². The molecule has 0 saturated carbocycles. The number of ether oxygens (including phenoxy) is 1. The van der Waals surface area contributed by atoms with E-state index in [4.69, 9.17) is 9.84 Å². The first-order valence-corrected chi connectivity index (χ1v) is 5.96. The van der Waals surface area contributed by atoms with E-state index in [-0.39, 0.29) is 31.0 Å². The highest BCUT2D eigenvalue weighted by molar-refractivity contribution is 6.00. The number of aliphatic hydroxyl groups is 1. The molecule has 0 aliphatic carbocycles. The number of carbonyl (C=O) groups is 1. The van der Waals surface area contributed by atoms with Gasteiger partial charge in [0.2, 0.25) is 0 Å². The van der Waals surface area contributed by atoms with Gasteiger partial charge in [-0.3, -0.25) is 9.69 Å². The average Bonchev–Trinajstić information content (AvgIpc) is 2.38. The molecule has 0 aromatic heterocycles. The van der Waals surface area contributed by atoms with E-state index in [0.717, 1.165) is 17.0 Å². The molecule has 4 nitrogen and oxygen atoms in total. The Labute approximate surface area is 114 Å². The van der Waals surface area contributed by atoms with E-state index in [1.165, 1.54) is 13.2 Å². The van der Waals surface area contributed by atoms with Crippen molar-refractivity contribution in [3.8, 4) is 5.75 Å². The van der Waals surface area contributed by atoms with E-state index in [0.29, 0.717) is 0 Å². The predicted molar refractivity (Wildman–Crippen MR) is 66.8 cm³/mol. The van der Waals surface area contributed by atoms with E-state index < -0.39 is 24.6 Å². The first-order chi connectivity index (χ1) is 9.47. The second-order valence-corrected chi connectivity index (χ2v) is 4.12. The maximum absolute atomic E-state index is 13.2. The summed E-state index contributed by atoms with van der Waals surface area (Å²) in [4.78, 5) is 13.1. The van der Waals surface area contributed by atoms with Crippen molar-refractivity contribution in [1.29, 1.82) is 0 Å². The number of nitrogens with zero attached hydrogens (tertiary/aromatic N) is 1. The summed E-state index contributed by atoms with van der Waals surface area (Å²) in [6.07, 6.45) is -2.62. The van der Waals surface area contributed by atoms with Crippen molar-refractivity contribution in [3.05, 3.63) is 29.6 Å². The van der Waals surface area contributed by atoms with Gasteiger partial charge in [0.05, 0.1) is 32.4 Å². The first-order valence-electron chi connectivity index (χ1n) is 5.96. The lowest BCUT2D eigenvalue weighted by atomic mass is 10.1. The molecule has 0 fully saturated rings. The van der Waals surface area contributed by atoms with Gasteiger partial charge in [0.15, 0.2) is 5.78 Å². The SMILES string of the molecule is COc1ccc(F)cc1C(=O)CN(CCO)CC(F)F. The number of aliphatic hydroxyl groups excluding tert-OH is 1. The van der Waals surface area contributed by atoms with Gasteiger partial charge in [-0.2, -0.15) is 0 Å². The third-order valence-electron chi connectivity index (χ3n) is 2.64. The molecule has 0 spiro atoms. The Bertz CT molecular complexity index is 454. The molecule has 0 saturated heterocycles. The number of rotatable bonds is 8. The normalized spacial score (nSPS) is 11.2. The fourth-order valence-corrected chi connectivity index (χ4v) is 1.76. The van der Waals surface area contributed by atoms with Crippen LogP contribution < -0.4 is 4.74 Å². The number of alkyl halides is 2. The van der Waals surface area contributed by atoms with Crippen LogP contribution in [-0.2, 0) is 0 Å². The molecule has 20 heavy (non-hydrogen) atoms. The highest BCUT2D eigenvalue weighted by Crippen LogP contribution is 2.20. The fourth-order valence-electron chi connectivity index (χ4n) is 1.76. The Balaban J connectivity index is 2.85. The molecule has 1 rings (SSSR count). The summed E-state index contributed by atoms with van der Waals surface area (Å²) < 4.78 is 42.8. The van der Waals surface area contributed by atoms with Crippen LogP contribution in [0.5, 0.6) is 5.75 Å². The van der Waals surface area contributed by atoms with Crippen LogP contribution in [0, 0.1) is 5.82 Å². The lowest BCUT2D eigenvalue weighted by molar-refractivity contribution is 0.0687. The summed E-state index contributed by atoms with van der Waals surface area (Å²) in [5.74, 6) is -0.982. The largest absolute Gasteiger partial charge is 0.496 e. The molecule has 0 heterocycles. The molecule has 1 aromatic carbocycles. The van der Waals surface area contributed by atoms with Crippen molar-refractivity contribution < 1.29 is 27.8 Å². The number of hydrogen-bond donors (Lipinski definition) is 1. The Morgan fingerprint density at radius 2 is 2.15 bits per heavy atom. The van der Waals surface area contributed by atoms with Gasteiger partial charge in [-0.15, -0.1) is 0 Å². The number of hydrogen-bond acceptors (Lipinski definition) is 4. The molecular weight excluding hydrogens is 275 g/mol. The minimum absolute atomic E-state index is 0.00953. The van der Waals surface area contributed by atoms with Gasteiger partial charge in [-0.1, -0.05) is 0 Å². The lowest BCUT2D eigenvalue weighted by Crippen LogP contribution is -2.36. The van der Waals surface area contributed by atoms with E-state index in [9.17, 15) is 18.0 Å². The monoisotopic (exact) mass is 291 g/mol. The van der Waals surface area contributed by atoms with Gasteiger partial charge in [-0.05, 0) is 18.2 Å². The van der Waals surface area contributed by atoms with E-state index in [2.05, 4.69) is 0 Å². The van der Waals surface area contributed by atoms with Crippen molar-refractivity contribution in [3.63, 3.8) is 0 Å². The minimum atomic E-state index is -2.62. The van der Waals surface area contributed by atoms with Crippen molar-refractivity contribution in [1.82, 2.24) is 4.90 Å². The molecule has 0 aliphatic rings. The van der Waals surface area contributed by atoms with Crippen LogP contribution in [0.25, 0.3) is 0 Å². The standard InChI is InChI=1S/C13H16F3NO3/c1-20-12-3-2-9(14)6-10(12)11(19)7-17(4-5-18)8-13(15)16/h2-3,6,13,18H,4-5,7-8H2,1H3. The molecular formula is C13H16F3NO3. The molecule has 0 aliphatic heterocycles. The number of benzene rings is 1. The summed E-state index contributed by atoms with van der Waals surface area (Å²) in [7, 11) is 1.33. The first kappa shape index (κ1) is 16.5. The van der Waals surface area contributed by atoms with Gasteiger partial charge in [-0.25, -0.2) is 13.2 Å².